The van der Waals surface area contributed by atoms with Crippen LogP contribution in [0.2, 0.25) is 0 Å². The van der Waals surface area contributed by atoms with E-state index >= 15 is 0 Å². The third-order valence-electron chi connectivity index (χ3n) is 2.94. The van der Waals surface area contributed by atoms with Crippen LogP contribution in [0.1, 0.15) is 11.3 Å². The van der Waals surface area contributed by atoms with E-state index in [1.165, 1.54) is 0 Å². The number of hydrogen-bond acceptors (Lipinski definition) is 4. The van der Waals surface area contributed by atoms with Crippen molar-refractivity contribution in [2.45, 2.75) is 6.54 Å². The van der Waals surface area contributed by atoms with Gasteiger partial charge in [0.25, 0.3) is 0 Å². The second-order valence-corrected chi connectivity index (χ2v) is 4.30. The molecule has 0 unspecified atom stereocenters. The van der Waals surface area contributed by atoms with Gasteiger partial charge in [0.05, 0.1) is 23.9 Å². The Hall–Kier alpha value is -2.54. The van der Waals surface area contributed by atoms with E-state index < -0.39 is 0 Å². The third kappa shape index (κ3) is 3.23. The minimum absolute atomic E-state index is 0.674. The molecule has 19 heavy (non-hydrogen) atoms. The number of nitriles is 1. The monoisotopic (exact) mass is 252 g/mol. The van der Waals surface area contributed by atoms with Crippen LogP contribution < -0.4 is 10.2 Å². The molecule has 96 valence electrons. The Bertz CT molecular complexity index is 584. The largest absolute Gasteiger partial charge is 0.388 e. The Balaban J connectivity index is 2.11. The highest BCUT2D eigenvalue weighted by atomic mass is 15.1. The van der Waals surface area contributed by atoms with Gasteiger partial charge in [-0.2, -0.15) is 5.26 Å². The van der Waals surface area contributed by atoms with Crippen molar-refractivity contribution in [3.05, 3.63) is 53.9 Å². The molecule has 1 aromatic heterocycles. The molecule has 0 aliphatic carbocycles. The van der Waals surface area contributed by atoms with E-state index in [9.17, 15) is 0 Å². The minimum atomic E-state index is 0.674. The predicted molar refractivity (Wildman–Crippen MR) is 77.0 cm³/mol. The van der Waals surface area contributed by atoms with Crippen molar-refractivity contribution >= 4 is 11.4 Å². The fraction of sp³-hybridized carbons (Fsp3) is 0.200. The molecule has 0 aliphatic heterocycles. The Kier molecular flexibility index (Phi) is 3.99. The van der Waals surface area contributed by atoms with E-state index in [0.717, 1.165) is 23.6 Å². The highest BCUT2D eigenvalue weighted by molar-refractivity contribution is 5.50. The summed E-state index contributed by atoms with van der Waals surface area (Å²) in [5.41, 5.74) is 3.79. The number of benzene rings is 1. The van der Waals surface area contributed by atoms with Crippen LogP contribution in [0, 0.1) is 11.3 Å². The van der Waals surface area contributed by atoms with Gasteiger partial charge in [0.1, 0.15) is 0 Å². The maximum absolute atomic E-state index is 8.78. The zero-order valence-corrected chi connectivity index (χ0v) is 11.1. The van der Waals surface area contributed by atoms with Gasteiger partial charge in [-0.05, 0) is 36.4 Å². The molecule has 2 rings (SSSR count). The first-order valence-electron chi connectivity index (χ1n) is 6.07. The van der Waals surface area contributed by atoms with Crippen molar-refractivity contribution in [1.82, 2.24) is 4.98 Å². The molecule has 0 fully saturated rings. The summed E-state index contributed by atoms with van der Waals surface area (Å²) in [5.74, 6) is 0. The topological polar surface area (TPSA) is 52.0 Å². The van der Waals surface area contributed by atoms with E-state index in [2.05, 4.69) is 21.3 Å². The number of anilines is 2. The van der Waals surface area contributed by atoms with Gasteiger partial charge in [0.2, 0.25) is 0 Å². The molecule has 4 heteroatoms. The van der Waals surface area contributed by atoms with E-state index in [1.54, 1.807) is 6.20 Å². The van der Waals surface area contributed by atoms with Gasteiger partial charge >= 0.3 is 0 Å². The highest BCUT2D eigenvalue weighted by Crippen LogP contribution is 2.16. The molecule has 1 heterocycles. The quantitative estimate of drug-likeness (QED) is 0.908. The van der Waals surface area contributed by atoms with Crippen LogP contribution in [0.25, 0.3) is 0 Å². The first kappa shape index (κ1) is 12.9. The Morgan fingerprint density at radius 2 is 2.00 bits per heavy atom. The molecule has 1 aromatic carbocycles. The summed E-state index contributed by atoms with van der Waals surface area (Å²) < 4.78 is 0. The Labute approximate surface area is 113 Å². The number of aromatic nitrogens is 1. The van der Waals surface area contributed by atoms with Crippen LogP contribution in [-0.2, 0) is 6.54 Å². The van der Waals surface area contributed by atoms with Crippen molar-refractivity contribution in [2.75, 3.05) is 24.3 Å². The van der Waals surface area contributed by atoms with Crippen molar-refractivity contribution in [1.29, 1.82) is 5.26 Å². The lowest BCUT2D eigenvalue weighted by molar-refractivity contribution is 0.885. The van der Waals surface area contributed by atoms with Gasteiger partial charge in [0, 0.05) is 31.7 Å². The summed E-state index contributed by atoms with van der Waals surface area (Å²) in [6, 6.07) is 13.6. The fourth-order valence-electron chi connectivity index (χ4n) is 1.84. The van der Waals surface area contributed by atoms with Crippen molar-refractivity contribution in [3.63, 3.8) is 0 Å². The average Bonchev–Trinajstić information content (AvgIpc) is 2.47. The fourth-order valence-corrected chi connectivity index (χ4v) is 1.84. The average molecular weight is 252 g/mol. The molecule has 1 N–H and O–H groups in total. The second-order valence-electron chi connectivity index (χ2n) is 4.30. The Morgan fingerprint density at radius 1 is 1.26 bits per heavy atom. The zero-order chi connectivity index (χ0) is 13.7. The van der Waals surface area contributed by atoms with Gasteiger partial charge in [-0.3, -0.25) is 4.98 Å². The van der Waals surface area contributed by atoms with Gasteiger partial charge < -0.3 is 10.2 Å². The summed E-state index contributed by atoms with van der Waals surface area (Å²) >= 11 is 0. The molecule has 0 atom stereocenters. The van der Waals surface area contributed by atoms with Crippen molar-refractivity contribution < 1.29 is 0 Å². The van der Waals surface area contributed by atoms with Crippen LogP contribution in [0.15, 0.2) is 42.6 Å². The molecular formula is C15H16N4. The molecule has 0 bridgehead atoms. The summed E-state index contributed by atoms with van der Waals surface area (Å²) in [7, 11) is 3.90. The van der Waals surface area contributed by atoms with Gasteiger partial charge in [-0.25, -0.2) is 0 Å². The lowest BCUT2D eigenvalue weighted by Gasteiger charge is -2.19. The Morgan fingerprint density at radius 3 is 2.63 bits per heavy atom. The summed E-state index contributed by atoms with van der Waals surface area (Å²) in [6.45, 7) is 0.724. The van der Waals surface area contributed by atoms with Crippen LogP contribution in [-0.4, -0.2) is 19.1 Å². The van der Waals surface area contributed by atoms with Gasteiger partial charge in [0.15, 0.2) is 0 Å². The predicted octanol–water partition coefficient (Wildman–Crippen LogP) is 2.63. The molecule has 0 spiro atoms. The third-order valence-corrected chi connectivity index (χ3v) is 2.94. The van der Waals surface area contributed by atoms with Crippen molar-refractivity contribution in [2.24, 2.45) is 0 Å². The van der Waals surface area contributed by atoms with Crippen LogP contribution in [0.5, 0.6) is 0 Å². The van der Waals surface area contributed by atoms with E-state index in [4.69, 9.17) is 5.26 Å². The number of rotatable bonds is 4. The molecule has 0 saturated heterocycles. The number of pyridine rings is 1. The first-order valence-corrected chi connectivity index (χ1v) is 6.07. The van der Waals surface area contributed by atoms with E-state index in [-0.39, 0.29) is 0 Å². The maximum Gasteiger partial charge on any atom is 0.0991 e. The van der Waals surface area contributed by atoms with Gasteiger partial charge in [-0.15, -0.1) is 0 Å². The SMILES string of the molecule is CNc1ccnc(CN(C)c2ccc(C#N)cc2)c1. The first-order chi connectivity index (χ1) is 9.22. The zero-order valence-electron chi connectivity index (χ0n) is 11.1. The molecular weight excluding hydrogens is 236 g/mol. The standard InChI is InChI=1S/C15H16N4/c1-17-13-7-8-18-14(9-13)11-19(2)15-5-3-12(10-16)4-6-15/h3-9H,11H2,1-2H3,(H,17,18). The summed E-state index contributed by atoms with van der Waals surface area (Å²) in [5, 5.41) is 11.9. The number of nitrogens with zero attached hydrogens (tertiary/aromatic N) is 3. The van der Waals surface area contributed by atoms with Crippen LogP contribution in [0.4, 0.5) is 11.4 Å². The summed E-state index contributed by atoms with van der Waals surface area (Å²) in [6.07, 6.45) is 1.80. The second kappa shape index (κ2) is 5.87. The van der Waals surface area contributed by atoms with Gasteiger partial charge in [-0.1, -0.05) is 0 Å². The van der Waals surface area contributed by atoms with E-state index in [0.29, 0.717) is 5.56 Å². The molecule has 0 aliphatic rings. The number of hydrogen-bond donors (Lipinski definition) is 1. The maximum atomic E-state index is 8.78. The summed E-state index contributed by atoms with van der Waals surface area (Å²) in [4.78, 5) is 6.45. The van der Waals surface area contributed by atoms with Crippen LogP contribution >= 0.6 is 0 Å². The molecule has 4 nitrogen and oxygen atoms in total. The highest BCUT2D eigenvalue weighted by Gasteiger charge is 2.04. The molecule has 0 amide bonds. The normalized spacial score (nSPS) is 9.74. The lowest BCUT2D eigenvalue weighted by Crippen LogP contribution is -2.17. The van der Waals surface area contributed by atoms with Crippen LogP contribution in [0.3, 0.4) is 0 Å². The molecule has 0 saturated carbocycles. The molecule has 2 aromatic rings. The lowest BCUT2D eigenvalue weighted by atomic mass is 10.2. The number of nitrogens with one attached hydrogen (secondary N) is 1. The molecule has 0 radical (unpaired) electrons. The van der Waals surface area contributed by atoms with E-state index in [1.807, 2.05) is 50.5 Å². The van der Waals surface area contributed by atoms with Crippen molar-refractivity contribution in [3.8, 4) is 6.07 Å². The minimum Gasteiger partial charge on any atom is -0.388 e. The smallest absolute Gasteiger partial charge is 0.0991 e.